The Balaban J connectivity index is 1.40. The normalized spacial score (nSPS) is 16.8. The van der Waals surface area contributed by atoms with Crippen molar-refractivity contribution in [3.8, 4) is 11.5 Å². The van der Waals surface area contributed by atoms with Gasteiger partial charge in [0, 0.05) is 25.3 Å². The van der Waals surface area contributed by atoms with E-state index >= 15 is 0 Å². The number of sulfonamides is 2. The van der Waals surface area contributed by atoms with Crippen LogP contribution in [-0.4, -0.2) is 57.0 Å². The van der Waals surface area contributed by atoms with E-state index in [2.05, 4.69) is 5.32 Å². The van der Waals surface area contributed by atoms with Gasteiger partial charge in [0.15, 0.2) is 0 Å². The lowest BCUT2D eigenvalue weighted by atomic mass is 10.2. The summed E-state index contributed by atoms with van der Waals surface area (Å²) in [5.41, 5.74) is 0.408. The summed E-state index contributed by atoms with van der Waals surface area (Å²) in [4.78, 5) is 13.7. The number of amides is 1. The predicted molar refractivity (Wildman–Crippen MR) is 151 cm³/mol. The number of carbonyl (C=O) groups excluding carboxylic acids is 1. The summed E-state index contributed by atoms with van der Waals surface area (Å²) in [7, 11) is -8.05. The fourth-order valence-electron chi connectivity index (χ4n) is 4.39. The summed E-state index contributed by atoms with van der Waals surface area (Å²) in [6.07, 6.45) is 0. The van der Waals surface area contributed by atoms with Gasteiger partial charge in [-0.2, -0.15) is 8.61 Å². The molecule has 0 saturated carbocycles. The Morgan fingerprint density at radius 1 is 0.650 bits per heavy atom. The van der Waals surface area contributed by atoms with E-state index in [1.165, 1.54) is 24.3 Å². The van der Waals surface area contributed by atoms with Gasteiger partial charge in [0.25, 0.3) is 0 Å². The van der Waals surface area contributed by atoms with Crippen LogP contribution < -0.4 is 10.1 Å². The molecule has 4 aromatic rings. The molecule has 1 amide bonds. The number of nitrogens with zero attached hydrogens (tertiary/aromatic N) is 2. The minimum Gasteiger partial charge on any atom is -0.457 e. The average molecular weight is 578 g/mol. The molecule has 5 rings (SSSR count). The Bertz CT molecular complexity index is 1670. The van der Waals surface area contributed by atoms with Crippen LogP contribution in [0.2, 0.25) is 0 Å². The number of ether oxygens (including phenoxy) is 1. The van der Waals surface area contributed by atoms with E-state index in [0.717, 1.165) is 8.61 Å². The third-order valence-electron chi connectivity index (χ3n) is 6.43. The number of anilines is 1. The van der Waals surface area contributed by atoms with Crippen LogP contribution in [-0.2, 0) is 24.8 Å². The molecule has 1 aliphatic heterocycles. The number of piperazine rings is 1. The molecule has 0 bridgehead atoms. The highest BCUT2D eigenvalue weighted by Crippen LogP contribution is 2.27. The first kappa shape index (κ1) is 27.5. The maximum atomic E-state index is 13.6. The highest BCUT2D eigenvalue weighted by molar-refractivity contribution is 7.89. The zero-order chi connectivity index (χ0) is 28.2. The quantitative estimate of drug-likeness (QED) is 0.336. The van der Waals surface area contributed by atoms with E-state index in [-0.39, 0.29) is 29.4 Å². The first-order valence-electron chi connectivity index (χ1n) is 12.5. The molecule has 1 aliphatic rings. The van der Waals surface area contributed by atoms with Gasteiger partial charge in [0.1, 0.15) is 17.5 Å². The second-order valence-corrected chi connectivity index (χ2v) is 12.9. The number of carbonyl (C=O) groups is 1. The molecule has 40 heavy (non-hydrogen) atoms. The summed E-state index contributed by atoms with van der Waals surface area (Å²) >= 11 is 0. The molecule has 11 heteroatoms. The van der Waals surface area contributed by atoms with Crippen LogP contribution in [0.4, 0.5) is 5.69 Å². The summed E-state index contributed by atoms with van der Waals surface area (Å²) in [6, 6.07) is 30.2. The van der Waals surface area contributed by atoms with Crippen molar-refractivity contribution in [1.29, 1.82) is 0 Å². The smallest absolute Gasteiger partial charge is 0.244 e. The lowest BCUT2D eigenvalue weighted by Crippen LogP contribution is -2.60. The number of rotatable bonds is 8. The summed E-state index contributed by atoms with van der Waals surface area (Å²) in [6.45, 7) is -0.631. The molecule has 206 valence electrons. The summed E-state index contributed by atoms with van der Waals surface area (Å²) < 4.78 is 61.8. The zero-order valence-electron chi connectivity index (χ0n) is 21.3. The zero-order valence-corrected chi connectivity index (χ0v) is 23.0. The van der Waals surface area contributed by atoms with Crippen LogP contribution in [0.5, 0.6) is 11.5 Å². The summed E-state index contributed by atoms with van der Waals surface area (Å²) in [5.74, 6) is 0.558. The van der Waals surface area contributed by atoms with Crippen LogP contribution in [0.15, 0.2) is 125 Å². The number of hydrogen-bond acceptors (Lipinski definition) is 6. The van der Waals surface area contributed by atoms with Crippen molar-refractivity contribution >= 4 is 31.6 Å². The van der Waals surface area contributed by atoms with Crippen LogP contribution in [0.1, 0.15) is 0 Å². The molecular weight excluding hydrogens is 550 g/mol. The molecular formula is C29H27N3O6S2. The van der Waals surface area contributed by atoms with Crippen molar-refractivity contribution in [2.45, 2.75) is 15.8 Å². The van der Waals surface area contributed by atoms with Gasteiger partial charge < -0.3 is 10.1 Å². The van der Waals surface area contributed by atoms with Gasteiger partial charge in [-0.1, -0.05) is 54.6 Å². The molecule has 4 aromatic carbocycles. The molecule has 1 N–H and O–H groups in total. The molecule has 0 unspecified atom stereocenters. The van der Waals surface area contributed by atoms with E-state index in [9.17, 15) is 21.6 Å². The molecule has 0 radical (unpaired) electrons. The monoisotopic (exact) mass is 577 g/mol. The van der Waals surface area contributed by atoms with E-state index in [0.29, 0.717) is 17.2 Å². The average Bonchev–Trinajstić information content (AvgIpc) is 2.99. The number of benzene rings is 4. The third-order valence-corrected chi connectivity index (χ3v) is 10.2. The maximum Gasteiger partial charge on any atom is 0.244 e. The van der Waals surface area contributed by atoms with Crippen molar-refractivity contribution in [3.63, 3.8) is 0 Å². The highest BCUT2D eigenvalue weighted by Gasteiger charge is 2.43. The lowest BCUT2D eigenvalue weighted by Gasteiger charge is -2.38. The van der Waals surface area contributed by atoms with Crippen molar-refractivity contribution in [2.24, 2.45) is 0 Å². The van der Waals surface area contributed by atoms with E-state index in [1.807, 2.05) is 30.3 Å². The van der Waals surface area contributed by atoms with Crippen LogP contribution in [0, 0.1) is 0 Å². The number of para-hydroxylation sites is 1. The van der Waals surface area contributed by atoms with Gasteiger partial charge in [-0.3, -0.25) is 4.79 Å². The van der Waals surface area contributed by atoms with E-state index in [1.54, 1.807) is 60.7 Å². The molecule has 1 fully saturated rings. The SMILES string of the molecule is O=C(Nc1ccc(Oc2ccccc2)cc1)[C@H]1CN(S(=O)(=O)c2ccccc2)CCN1S(=O)(=O)c1ccccc1. The van der Waals surface area contributed by atoms with Gasteiger partial charge in [-0.25, -0.2) is 16.8 Å². The predicted octanol–water partition coefficient (Wildman–Crippen LogP) is 4.18. The van der Waals surface area contributed by atoms with Crippen molar-refractivity contribution in [2.75, 3.05) is 25.0 Å². The standard InChI is InChI=1S/C29H27N3O6S2/c33-29(30-23-16-18-25(19-17-23)38-24-10-4-1-5-11-24)28-22-31(39(34,35)26-12-6-2-7-13-26)20-21-32(28)40(36,37)27-14-8-3-9-15-27/h1-19,28H,20-22H2,(H,30,33)/t28-/m1/s1. The largest absolute Gasteiger partial charge is 0.457 e. The van der Waals surface area contributed by atoms with Crippen molar-refractivity contribution in [3.05, 3.63) is 115 Å². The minimum absolute atomic E-state index is 0.0228. The van der Waals surface area contributed by atoms with Crippen LogP contribution >= 0.6 is 0 Å². The minimum atomic E-state index is -4.09. The number of nitrogens with one attached hydrogen (secondary N) is 1. The van der Waals surface area contributed by atoms with Gasteiger partial charge in [-0.15, -0.1) is 0 Å². The molecule has 9 nitrogen and oxygen atoms in total. The molecule has 1 saturated heterocycles. The Morgan fingerprint density at radius 3 is 1.73 bits per heavy atom. The van der Waals surface area contributed by atoms with Crippen LogP contribution in [0.25, 0.3) is 0 Å². The van der Waals surface area contributed by atoms with Crippen molar-refractivity contribution < 1.29 is 26.4 Å². The topological polar surface area (TPSA) is 113 Å². The molecule has 1 atom stereocenters. The number of hydrogen-bond donors (Lipinski definition) is 1. The third kappa shape index (κ3) is 5.92. The Labute approximate surface area is 233 Å². The molecule has 0 aliphatic carbocycles. The highest BCUT2D eigenvalue weighted by atomic mass is 32.2. The lowest BCUT2D eigenvalue weighted by molar-refractivity contribution is -0.120. The fraction of sp³-hybridized carbons (Fsp3) is 0.138. The Hall–Kier alpha value is -4.03. The first-order chi connectivity index (χ1) is 19.2. The van der Waals surface area contributed by atoms with Gasteiger partial charge in [0.2, 0.25) is 26.0 Å². The van der Waals surface area contributed by atoms with Gasteiger partial charge in [0.05, 0.1) is 9.79 Å². The first-order valence-corrected chi connectivity index (χ1v) is 15.4. The molecule has 0 spiro atoms. The van der Waals surface area contributed by atoms with Gasteiger partial charge >= 0.3 is 0 Å². The van der Waals surface area contributed by atoms with Gasteiger partial charge in [-0.05, 0) is 60.7 Å². The van der Waals surface area contributed by atoms with Crippen molar-refractivity contribution in [1.82, 2.24) is 8.61 Å². The van der Waals surface area contributed by atoms with E-state index < -0.39 is 32.0 Å². The Kier molecular flexibility index (Phi) is 7.99. The Morgan fingerprint density at radius 2 is 1.15 bits per heavy atom. The maximum absolute atomic E-state index is 13.6. The van der Waals surface area contributed by atoms with Crippen LogP contribution in [0.3, 0.4) is 0 Å². The van der Waals surface area contributed by atoms with E-state index in [4.69, 9.17) is 4.74 Å². The summed E-state index contributed by atoms with van der Waals surface area (Å²) in [5, 5.41) is 2.75. The fourth-order valence-corrected chi connectivity index (χ4v) is 7.44. The second-order valence-electron chi connectivity index (χ2n) is 9.05. The molecule has 1 heterocycles. The second kappa shape index (κ2) is 11.6. The molecule has 0 aromatic heterocycles.